The molecule has 3 N–H and O–H groups in total. The number of hydrogen-bond acceptors (Lipinski definition) is 6. The number of likely N-dealkylation sites (tertiary alicyclic amines) is 1. The van der Waals surface area contributed by atoms with Crippen molar-refractivity contribution in [3.05, 3.63) is 71.7 Å². The van der Waals surface area contributed by atoms with Gasteiger partial charge in [-0.1, -0.05) is 48.5 Å². The van der Waals surface area contributed by atoms with Gasteiger partial charge in [0.25, 0.3) is 0 Å². The zero-order valence-electron chi connectivity index (χ0n) is 19.0. The number of hydrogen-bond donors (Lipinski definition) is 3. The second-order valence-corrected chi connectivity index (χ2v) is 8.62. The van der Waals surface area contributed by atoms with Crippen LogP contribution in [0.2, 0.25) is 0 Å². The molecule has 3 heterocycles. The van der Waals surface area contributed by atoms with E-state index in [1.54, 1.807) is 0 Å². The molecular formula is C26H30N6O. The Hall–Kier alpha value is -3.29. The van der Waals surface area contributed by atoms with Crippen LogP contribution in [0.25, 0.3) is 11.1 Å². The summed E-state index contributed by atoms with van der Waals surface area (Å²) in [4.78, 5) is 25.1. The number of carbonyl (C=O) groups excluding carboxylic acids is 1. The van der Waals surface area contributed by atoms with E-state index in [0.29, 0.717) is 6.54 Å². The molecule has 170 valence electrons. The highest BCUT2D eigenvalue weighted by Crippen LogP contribution is 2.32. The summed E-state index contributed by atoms with van der Waals surface area (Å²) in [5.74, 6) is 1.71. The van der Waals surface area contributed by atoms with Crippen molar-refractivity contribution in [1.82, 2.24) is 20.2 Å². The molecule has 1 aromatic heterocycles. The number of nitrogens with one attached hydrogen (secondary N) is 3. The predicted octanol–water partition coefficient (Wildman–Crippen LogP) is 3.61. The third-order valence-corrected chi connectivity index (χ3v) is 6.48. The van der Waals surface area contributed by atoms with Gasteiger partial charge in [-0.05, 0) is 31.0 Å². The molecule has 0 bridgehead atoms. The summed E-state index contributed by atoms with van der Waals surface area (Å²) < 4.78 is 0. The molecule has 5 rings (SSSR count). The van der Waals surface area contributed by atoms with Crippen molar-refractivity contribution in [3.8, 4) is 11.1 Å². The number of rotatable bonds is 6. The van der Waals surface area contributed by atoms with Crippen LogP contribution in [0, 0.1) is 0 Å². The second-order valence-electron chi connectivity index (χ2n) is 8.62. The Morgan fingerprint density at radius 3 is 2.79 bits per heavy atom. The van der Waals surface area contributed by atoms with Gasteiger partial charge in [-0.25, -0.2) is 9.97 Å². The predicted molar refractivity (Wildman–Crippen MR) is 131 cm³/mol. The van der Waals surface area contributed by atoms with Gasteiger partial charge >= 0.3 is 0 Å². The van der Waals surface area contributed by atoms with Gasteiger partial charge in [0.15, 0.2) is 0 Å². The van der Waals surface area contributed by atoms with Crippen molar-refractivity contribution in [2.24, 2.45) is 0 Å². The smallest absolute Gasteiger partial charge is 0.238 e. The first-order valence-corrected chi connectivity index (χ1v) is 11.7. The molecule has 2 aromatic carbocycles. The molecule has 2 aliphatic rings. The van der Waals surface area contributed by atoms with Gasteiger partial charge in [-0.3, -0.25) is 9.69 Å². The third kappa shape index (κ3) is 4.60. The monoisotopic (exact) mass is 442 g/mol. The summed E-state index contributed by atoms with van der Waals surface area (Å²) >= 11 is 0. The minimum Gasteiger partial charge on any atom is -0.373 e. The van der Waals surface area contributed by atoms with E-state index < -0.39 is 0 Å². The SMILES string of the molecule is CNc1nc([C@@H]2CCCN2CC(=O)Nc2ccccc2-c2ccccc2)nc2c1CNCC2. The van der Waals surface area contributed by atoms with Gasteiger partial charge in [-0.15, -0.1) is 0 Å². The quantitative estimate of drug-likeness (QED) is 0.541. The van der Waals surface area contributed by atoms with E-state index in [-0.39, 0.29) is 11.9 Å². The summed E-state index contributed by atoms with van der Waals surface area (Å²) in [7, 11) is 1.91. The minimum atomic E-state index is -0.0127. The van der Waals surface area contributed by atoms with Gasteiger partial charge < -0.3 is 16.0 Å². The van der Waals surface area contributed by atoms with Gasteiger partial charge in [0.05, 0.1) is 18.3 Å². The van der Waals surface area contributed by atoms with Crippen LogP contribution in [-0.4, -0.2) is 47.5 Å². The molecule has 1 atom stereocenters. The van der Waals surface area contributed by atoms with Crippen LogP contribution >= 0.6 is 0 Å². The van der Waals surface area contributed by atoms with Gasteiger partial charge in [0.2, 0.25) is 5.91 Å². The van der Waals surface area contributed by atoms with Crippen LogP contribution in [0.4, 0.5) is 11.5 Å². The lowest BCUT2D eigenvalue weighted by atomic mass is 10.0. The molecule has 0 spiro atoms. The molecule has 3 aromatic rings. The van der Waals surface area contributed by atoms with Crippen molar-refractivity contribution in [3.63, 3.8) is 0 Å². The summed E-state index contributed by atoms with van der Waals surface area (Å²) in [6.45, 7) is 2.92. The molecular weight excluding hydrogens is 412 g/mol. The average molecular weight is 443 g/mol. The second kappa shape index (κ2) is 9.68. The zero-order valence-corrected chi connectivity index (χ0v) is 19.0. The lowest BCUT2D eigenvalue weighted by molar-refractivity contribution is -0.117. The Morgan fingerprint density at radius 2 is 1.94 bits per heavy atom. The fourth-order valence-electron chi connectivity index (χ4n) is 4.86. The molecule has 7 heteroatoms. The number of para-hydroxylation sites is 1. The lowest BCUT2D eigenvalue weighted by Gasteiger charge is -2.26. The van der Waals surface area contributed by atoms with Crippen molar-refractivity contribution >= 4 is 17.4 Å². The number of benzene rings is 2. The number of carbonyl (C=O) groups is 1. The molecule has 1 amide bonds. The fraction of sp³-hybridized carbons (Fsp3) is 0.346. The molecule has 0 unspecified atom stereocenters. The highest BCUT2D eigenvalue weighted by Gasteiger charge is 2.31. The van der Waals surface area contributed by atoms with E-state index >= 15 is 0 Å². The summed E-state index contributed by atoms with van der Waals surface area (Å²) in [5, 5.41) is 9.77. The van der Waals surface area contributed by atoms with Crippen molar-refractivity contribution < 1.29 is 4.79 Å². The highest BCUT2D eigenvalue weighted by atomic mass is 16.2. The number of nitrogens with zero attached hydrogens (tertiary/aromatic N) is 3. The number of fused-ring (bicyclic) bond motifs is 1. The van der Waals surface area contributed by atoms with Gasteiger partial charge in [0.1, 0.15) is 11.6 Å². The van der Waals surface area contributed by atoms with E-state index in [1.807, 2.05) is 49.5 Å². The number of aromatic nitrogens is 2. The Labute approximate surface area is 194 Å². The third-order valence-electron chi connectivity index (χ3n) is 6.48. The van der Waals surface area contributed by atoms with Crippen molar-refractivity contribution in [2.45, 2.75) is 31.8 Å². The van der Waals surface area contributed by atoms with Crippen LogP contribution < -0.4 is 16.0 Å². The number of amides is 1. The number of anilines is 2. The normalized spacial score (nSPS) is 18.0. The Balaban J connectivity index is 1.33. The Morgan fingerprint density at radius 1 is 1.12 bits per heavy atom. The Bertz CT molecular complexity index is 1120. The first kappa shape index (κ1) is 21.6. The maximum atomic E-state index is 13.1. The van der Waals surface area contributed by atoms with E-state index in [9.17, 15) is 4.79 Å². The van der Waals surface area contributed by atoms with Crippen LogP contribution in [-0.2, 0) is 17.8 Å². The standard InChI is InChI=1S/C26H30N6O/c1-27-25-20-16-28-14-13-22(20)30-26(31-25)23-12-7-15-32(23)17-24(33)29-21-11-6-5-10-19(21)18-8-3-2-4-9-18/h2-6,8-11,23,28H,7,12-17H2,1H3,(H,29,33)(H,27,30,31)/t23-/m0/s1. The van der Waals surface area contributed by atoms with Crippen molar-refractivity contribution in [2.75, 3.05) is 37.3 Å². The topological polar surface area (TPSA) is 82.2 Å². The van der Waals surface area contributed by atoms with E-state index in [2.05, 4.69) is 33.0 Å². The summed E-state index contributed by atoms with van der Waals surface area (Å²) in [6.07, 6.45) is 2.91. The molecule has 33 heavy (non-hydrogen) atoms. The molecule has 0 saturated carbocycles. The van der Waals surface area contributed by atoms with E-state index in [1.165, 1.54) is 0 Å². The molecule has 2 aliphatic heterocycles. The maximum Gasteiger partial charge on any atom is 0.238 e. The highest BCUT2D eigenvalue weighted by molar-refractivity contribution is 5.96. The summed E-state index contributed by atoms with van der Waals surface area (Å²) in [6, 6.07) is 18.2. The van der Waals surface area contributed by atoms with Crippen LogP contribution in [0.15, 0.2) is 54.6 Å². The molecule has 7 nitrogen and oxygen atoms in total. The molecule has 0 aliphatic carbocycles. The van der Waals surface area contributed by atoms with Gasteiger partial charge in [-0.2, -0.15) is 0 Å². The average Bonchev–Trinajstić information content (AvgIpc) is 3.32. The van der Waals surface area contributed by atoms with Crippen molar-refractivity contribution in [1.29, 1.82) is 0 Å². The largest absolute Gasteiger partial charge is 0.373 e. The molecule has 1 saturated heterocycles. The van der Waals surface area contributed by atoms with E-state index in [0.717, 1.165) is 78.6 Å². The van der Waals surface area contributed by atoms with Crippen LogP contribution in [0.5, 0.6) is 0 Å². The first-order chi connectivity index (χ1) is 16.2. The first-order valence-electron chi connectivity index (χ1n) is 11.7. The molecule has 0 radical (unpaired) electrons. The molecule has 1 fully saturated rings. The van der Waals surface area contributed by atoms with Crippen LogP contribution in [0.1, 0.15) is 36.0 Å². The van der Waals surface area contributed by atoms with Gasteiger partial charge in [0, 0.05) is 43.4 Å². The fourth-order valence-corrected chi connectivity index (χ4v) is 4.86. The summed E-state index contributed by atoms with van der Waals surface area (Å²) in [5.41, 5.74) is 5.22. The van der Waals surface area contributed by atoms with Crippen LogP contribution in [0.3, 0.4) is 0 Å². The Kier molecular flexibility index (Phi) is 6.32. The van der Waals surface area contributed by atoms with E-state index in [4.69, 9.17) is 9.97 Å². The minimum absolute atomic E-state index is 0.0127. The maximum absolute atomic E-state index is 13.1. The zero-order chi connectivity index (χ0) is 22.6. The lowest BCUT2D eigenvalue weighted by Crippen LogP contribution is -2.34.